The fourth-order valence-electron chi connectivity index (χ4n) is 1.10. The fraction of sp³-hybridized carbons (Fsp3) is 0.333. The van der Waals surface area contributed by atoms with Crippen molar-refractivity contribution in [1.29, 1.82) is 0 Å². The monoisotopic (exact) mass is 201 g/mol. The van der Waals surface area contributed by atoms with Gasteiger partial charge in [0.2, 0.25) is 0 Å². The number of nitrogens with two attached hydrogens (primary N) is 1. The highest BCUT2D eigenvalue weighted by Gasteiger charge is 2.07. The van der Waals surface area contributed by atoms with Gasteiger partial charge >= 0.3 is 0 Å². The summed E-state index contributed by atoms with van der Waals surface area (Å²) in [5.41, 5.74) is 6.11. The fourth-order valence-corrected chi connectivity index (χ4v) is 1.36. The van der Waals surface area contributed by atoms with Crippen LogP contribution in [0.5, 0.6) is 11.5 Å². The summed E-state index contributed by atoms with van der Waals surface area (Å²) in [5.74, 6) is 0.645. The predicted molar refractivity (Wildman–Crippen MR) is 52.4 cm³/mol. The molecule has 0 aliphatic rings. The predicted octanol–water partition coefficient (Wildman–Crippen LogP) is 1.56. The van der Waals surface area contributed by atoms with E-state index in [0.717, 1.165) is 5.56 Å². The van der Waals surface area contributed by atoms with Crippen molar-refractivity contribution in [2.24, 2.45) is 5.73 Å². The molecular formula is C9H12ClNO2. The summed E-state index contributed by atoms with van der Waals surface area (Å²) in [6, 6.07) is 3.16. The van der Waals surface area contributed by atoms with Gasteiger partial charge in [-0.05, 0) is 24.6 Å². The second-order valence-corrected chi connectivity index (χ2v) is 3.06. The van der Waals surface area contributed by atoms with Crippen LogP contribution in [0, 0.1) is 0 Å². The molecule has 1 aromatic carbocycles. The normalized spacial score (nSPS) is 10.1. The van der Waals surface area contributed by atoms with Crippen LogP contribution < -0.4 is 10.5 Å². The third kappa shape index (κ3) is 2.26. The van der Waals surface area contributed by atoms with Gasteiger partial charge < -0.3 is 15.6 Å². The number of hydrogen-bond acceptors (Lipinski definition) is 3. The summed E-state index contributed by atoms with van der Waals surface area (Å²) in [6.45, 7) is 0.482. The minimum atomic E-state index is 0.173. The number of methoxy groups -OCH3 is 1. The quantitative estimate of drug-likeness (QED) is 0.781. The van der Waals surface area contributed by atoms with Crippen LogP contribution in [0.1, 0.15) is 5.56 Å². The molecule has 0 fully saturated rings. The van der Waals surface area contributed by atoms with E-state index in [0.29, 0.717) is 23.7 Å². The Morgan fingerprint density at radius 1 is 1.54 bits per heavy atom. The lowest BCUT2D eigenvalue weighted by atomic mass is 10.1. The first-order chi connectivity index (χ1) is 6.19. The molecule has 0 atom stereocenters. The number of aromatic hydroxyl groups is 1. The van der Waals surface area contributed by atoms with Crippen molar-refractivity contribution in [2.75, 3.05) is 13.7 Å². The van der Waals surface area contributed by atoms with E-state index >= 15 is 0 Å². The number of phenols is 1. The number of halogens is 1. The van der Waals surface area contributed by atoms with Gasteiger partial charge in [-0.2, -0.15) is 0 Å². The molecule has 13 heavy (non-hydrogen) atoms. The molecule has 72 valence electrons. The number of phenolic OH excluding ortho intramolecular Hbond substituents is 1. The zero-order chi connectivity index (χ0) is 9.84. The smallest absolute Gasteiger partial charge is 0.141 e. The minimum absolute atomic E-state index is 0.173. The number of rotatable bonds is 3. The van der Waals surface area contributed by atoms with Gasteiger partial charge in [-0.3, -0.25) is 0 Å². The van der Waals surface area contributed by atoms with Crippen molar-refractivity contribution >= 4 is 11.6 Å². The third-order valence-corrected chi connectivity index (χ3v) is 2.06. The molecule has 3 nitrogen and oxygen atoms in total. The molecule has 3 N–H and O–H groups in total. The lowest BCUT2D eigenvalue weighted by Gasteiger charge is -2.07. The van der Waals surface area contributed by atoms with Crippen molar-refractivity contribution in [3.8, 4) is 11.5 Å². The van der Waals surface area contributed by atoms with Gasteiger partial charge in [0, 0.05) is 6.07 Å². The maximum absolute atomic E-state index is 9.48. The lowest BCUT2D eigenvalue weighted by molar-refractivity contribution is 0.406. The van der Waals surface area contributed by atoms with E-state index < -0.39 is 0 Å². The van der Waals surface area contributed by atoms with Gasteiger partial charge in [0.05, 0.1) is 12.1 Å². The zero-order valence-corrected chi connectivity index (χ0v) is 8.14. The first kappa shape index (κ1) is 10.2. The molecule has 0 saturated carbocycles. The molecule has 0 unspecified atom stereocenters. The lowest BCUT2D eigenvalue weighted by Crippen LogP contribution is -2.03. The van der Waals surface area contributed by atoms with Crippen molar-refractivity contribution in [3.05, 3.63) is 22.7 Å². The Morgan fingerprint density at radius 3 is 2.77 bits per heavy atom. The van der Waals surface area contributed by atoms with Crippen molar-refractivity contribution in [1.82, 2.24) is 0 Å². The summed E-state index contributed by atoms with van der Waals surface area (Å²) < 4.78 is 4.94. The average Bonchev–Trinajstić information content (AvgIpc) is 2.11. The molecule has 0 bridgehead atoms. The highest BCUT2D eigenvalue weighted by molar-refractivity contribution is 6.32. The number of ether oxygens (including phenoxy) is 1. The standard InChI is InChI=1S/C9H12ClNO2/c1-13-9-5-8(12)6(2-3-11)4-7(9)10/h4-5,12H,2-3,11H2,1H3. The van der Waals surface area contributed by atoms with Crippen molar-refractivity contribution in [2.45, 2.75) is 6.42 Å². The molecule has 0 aliphatic heterocycles. The molecule has 0 aliphatic carbocycles. The first-order valence-electron chi connectivity index (χ1n) is 3.94. The summed E-state index contributed by atoms with van der Waals surface area (Å²) in [4.78, 5) is 0. The van der Waals surface area contributed by atoms with Gasteiger partial charge in [-0.15, -0.1) is 0 Å². The second kappa shape index (κ2) is 4.35. The maximum Gasteiger partial charge on any atom is 0.141 e. The maximum atomic E-state index is 9.48. The second-order valence-electron chi connectivity index (χ2n) is 2.65. The van der Waals surface area contributed by atoms with E-state index in [2.05, 4.69) is 0 Å². The zero-order valence-electron chi connectivity index (χ0n) is 7.38. The Labute approximate surface area is 82.1 Å². The largest absolute Gasteiger partial charge is 0.508 e. The number of benzene rings is 1. The van der Waals surface area contributed by atoms with Crippen LogP contribution in [-0.2, 0) is 6.42 Å². The molecule has 0 saturated heterocycles. The Morgan fingerprint density at radius 2 is 2.23 bits per heavy atom. The number of hydrogen-bond donors (Lipinski definition) is 2. The van der Waals surface area contributed by atoms with E-state index in [1.54, 1.807) is 6.07 Å². The highest BCUT2D eigenvalue weighted by atomic mass is 35.5. The van der Waals surface area contributed by atoms with E-state index in [1.807, 2.05) is 0 Å². The average molecular weight is 202 g/mol. The van der Waals surface area contributed by atoms with Gasteiger partial charge in [-0.1, -0.05) is 11.6 Å². The van der Waals surface area contributed by atoms with E-state index in [1.165, 1.54) is 13.2 Å². The van der Waals surface area contributed by atoms with Crippen LogP contribution in [-0.4, -0.2) is 18.8 Å². The van der Waals surface area contributed by atoms with E-state index in [9.17, 15) is 5.11 Å². The molecule has 0 spiro atoms. The molecule has 1 aromatic rings. The van der Waals surface area contributed by atoms with E-state index in [-0.39, 0.29) is 5.75 Å². The summed E-state index contributed by atoms with van der Waals surface area (Å²) in [5, 5.41) is 9.97. The molecule has 4 heteroatoms. The topological polar surface area (TPSA) is 55.5 Å². The minimum Gasteiger partial charge on any atom is -0.508 e. The Balaban J connectivity index is 3.05. The molecule has 0 heterocycles. The van der Waals surface area contributed by atoms with Crippen molar-refractivity contribution < 1.29 is 9.84 Å². The van der Waals surface area contributed by atoms with Crippen LogP contribution in [0.15, 0.2) is 12.1 Å². The third-order valence-electron chi connectivity index (χ3n) is 1.77. The van der Waals surface area contributed by atoms with Gasteiger partial charge in [-0.25, -0.2) is 0 Å². The SMILES string of the molecule is COc1cc(O)c(CCN)cc1Cl. The van der Waals surface area contributed by atoms with Crippen LogP contribution in [0.25, 0.3) is 0 Å². The summed E-state index contributed by atoms with van der Waals surface area (Å²) in [7, 11) is 1.50. The van der Waals surface area contributed by atoms with Gasteiger partial charge in [0.25, 0.3) is 0 Å². The molecule has 0 aromatic heterocycles. The Hall–Kier alpha value is -0.930. The van der Waals surface area contributed by atoms with E-state index in [4.69, 9.17) is 22.1 Å². The Bertz CT molecular complexity index is 302. The van der Waals surface area contributed by atoms with Gasteiger partial charge in [0.15, 0.2) is 0 Å². The first-order valence-corrected chi connectivity index (χ1v) is 4.32. The van der Waals surface area contributed by atoms with Gasteiger partial charge in [0.1, 0.15) is 11.5 Å². The molecule has 0 radical (unpaired) electrons. The molecule has 0 amide bonds. The molecular weight excluding hydrogens is 190 g/mol. The highest BCUT2D eigenvalue weighted by Crippen LogP contribution is 2.31. The van der Waals surface area contributed by atoms with Crippen LogP contribution in [0.4, 0.5) is 0 Å². The summed E-state index contributed by atoms with van der Waals surface area (Å²) in [6.07, 6.45) is 0.607. The van der Waals surface area contributed by atoms with Crippen molar-refractivity contribution in [3.63, 3.8) is 0 Å². The molecule has 1 rings (SSSR count). The van der Waals surface area contributed by atoms with Crippen LogP contribution >= 0.6 is 11.6 Å². The Kier molecular flexibility index (Phi) is 3.39. The van der Waals surface area contributed by atoms with Crippen LogP contribution in [0.2, 0.25) is 5.02 Å². The van der Waals surface area contributed by atoms with Crippen LogP contribution in [0.3, 0.4) is 0 Å². The summed E-state index contributed by atoms with van der Waals surface area (Å²) >= 11 is 5.86.